The van der Waals surface area contributed by atoms with Gasteiger partial charge in [-0.1, -0.05) is 48.5 Å². The third kappa shape index (κ3) is 3.11. The van der Waals surface area contributed by atoms with Gasteiger partial charge in [-0.2, -0.15) is 0 Å². The Kier molecular flexibility index (Phi) is 4.25. The van der Waals surface area contributed by atoms with Gasteiger partial charge in [0.25, 0.3) is 0 Å². The van der Waals surface area contributed by atoms with Crippen LogP contribution in [0.15, 0.2) is 60.7 Å². The van der Waals surface area contributed by atoms with Crippen LogP contribution < -0.4 is 4.74 Å². The average molecular weight is 378 g/mol. The van der Waals surface area contributed by atoms with E-state index in [1.54, 1.807) is 6.07 Å². The third-order valence-electron chi connectivity index (χ3n) is 4.28. The first-order valence-corrected chi connectivity index (χ1v) is 8.99. The molecule has 0 saturated carbocycles. The summed E-state index contributed by atoms with van der Waals surface area (Å²) in [6.45, 7) is -0.586. The van der Waals surface area contributed by atoms with Crippen molar-refractivity contribution in [3.05, 3.63) is 65.5 Å². The van der Waals surface area contributed by atoms with Gasteiger partial charge in [-0.05, 0) is 34.0 Å². The van der Waals surface area contributed by atoms with Gasteiger partial charge in [0.15, 0.2) is 17.2 Å². The van der Waals surface area contributed by atoms with Gasteiger partial charge in [-0.15, -0.1) is 11.3 Å². The number of rotatable bonds is 5. The quantitative estimate of drug-likeness (QED) is 0.517. The number of fused-ring (bicyclic) bond motifs is 2. The number of aromatic carboxylic acids is 1. The van der Waals surface area contributed by atoms with E-state index >= 15 is 0 Å². The minimum Gasteiger partial charge on any atom is -0.479 e. The normalized spacial score (nSPS) is 11.0. The van der Waals surface area contributed by atoms with Gasteiger partial charge in [0.05, 0.1) is 0 Å². The number of carbonyl (C=O) groups is 2. The number of carboxylic acid groups (broad SMARTS) is 2. The van der Waals surface area contributed by atoms with Crippen molar-refractivity contribution in [1.82, 2.24) is 0 Å². The van der Waals surface area contributed by atoms with Crippen molar-refractivity contribution in [2.75, 3.05) is 6.61 Å². The first-order chi connectivity index (χ1) is 13.0. The van der Waals surface area contributed by atoms with Crippen molar-refractivity contribution < 1.29 is 24.5 Å². The summed E-state index contributed by atoms with van der Waals surface area (Å²) in [7, 11) is 0. The van der Waals surface area contributed by atoms with Crippen LogP contribution in [0, 0.1) is 0 Å². The van der Waals surface area contributed by atoms with Gasteiger partial charge >= 0.3 is 11.9 Å². The van der Waals surface area contributed by atoms with Crippen LogP contribution in [-0.2, 0) is 4.79 Å². The summed E-state index contributed by atoms with van der Waals surface area (Å²) in [5.74, 6) is -2.18. The van der Waals surface area contributed by atoms with Crippen LogP contribution >= 0.6 is 11.3 Å². The lowest BCUT2D eigenvalue weighted by atomic mass is 9.98. The Morgan fingerprint density at radius 2 is 1.70 bits per heavy atom. The molecule has 0 aliphatic carbocycles. The number of benzene rings is 3. The molecule has 0 fully saturated rings. The van der Waals surface area contributed by atoms with Crippen LogP contribution in [0.1, 0.15) is 9.67 Å². The summed E-state index contributed by atoms with van der Waals surface area (Å²) >= 11 is 1.08. The highest BCUT2D eigenvalue weighted by molar-refractivity contribution is 7.21. The molecular weight excluding hydrogens is 364 g/mol. The standard InChI is InChI=1S/C21H14O5S/c22-18(23)11-26-19-16-9-8-13(10-17(16)27-20(19)21(24)25)15-7-3-5-12-4-1-2-6-14(12)15/h1-10H,11H2,(H,22,23)(H,24,25). The lowest BCUT2D eigenvalue weighted by Crippen LogP contribution is -2.10. The van der Waals surface area contributed by atoms with Gasteiger partial charge < -0.3 is 14.9 Å². The van der Waals surface area contributed by atoms with Crippen LogP contribution in [0.4, 0.5) is 0 Å². The molecule has 4 rings (SSSR count). The monoisotopic (exact) mass is 378 g/mol. The lowest BCUT2D eigenvalue weighted by Gasteiger charge is -2.07. The van der Waals surface area contributed by atoms with Gasteiger partial charge in [-0.25, -0.2) is 9.59 Å². The van der Waals surface area contributed by atoms with E-state index in [4.69, 9.17) is 9.84 Å². The lowest BCUT2D eigenvalue weighted by molar-refractivity contribution is -0.139. The molecule has 134 valence electrons. The Labute approximate surface area is 158 Å². The molecule has 3 aromatic carbocycles. The zero-order valence-corrected chi connectivity index (χ0v) is 14.8. The molecule has 0 bridgehead atoms. The SMILES string of the molecule is O=C(O)COc1c(C(=O)O)sc2cc(-c3cccc4ccccc34)ccc12. The second-order valence-electron chi connectivity index (χ2n) is 5.99. The first-order valence-electron chi connectivity index (χ1n) is 8.17. The van der Waals surface area contributed by atoms with Crippen molar-refractivity contribution >= 4 is 44.1 Å². The zero-order chi connectivity index (χ0) is 19.0. The molecule has 0 saturated heterocycles. The molecular formula is C21H14O5S. The van der Waals surface area contributed by atoms with E-state index in [1.807, 2.05) is 54.6 Å². The number of hydrogen-bond donors (Lipinski definition) is 2. The van der Waals surface area contributed by atoms with E-state index < -0.39 is 18.5 Å². The molecule has 0 atom stereocenters. The van der Waals surface area contributed by atoms with Gasteiger partial charge in [0, 0.05) is 10.1 Å². The summed E-state index contributed by atoms with van der Waals surface area (Å²) in [4.78, 5) is 22.4. The van der Waals surface area contributed by atoms with Crippen LogP contribution in [0.3, 0.4) is 0 Å². The maximum atomic E-state index is 11.5. The summed E-state index contributed by atoms with van der Waals surface area (Å²) < 4.78 is 5.99. The molecule has 1 heterocycles. The van der Waals surface area contributed by atoms with E-state index in [9.17, 15) is 14.7 Å². The molecule has 2 N–H and O–H groups in total. The maximum Gasteiger partial charge on any atom is 0.349 e. The van der Waals surface area contributed by atoms with Gasteiger partial charge in [-0.3, -0.25) is 0 Å². The van der Waals surface area contributed by atoms with E-state index in [0.29, 0.717) is 5.39 Å². The Morgan fingerprint density at radius 3 is 2.48 bits per heavy atom. The number of aliphatic carboxylic acids is 1. The molecule has 4 aromatic rings. The summed E-state index contributed by atoms with van der Waals surface area (Å²) in [5, 5.41) is 21.1. The predicted octanol–water partition coefficient (Wildman–Crippen LogP) is 4.88. The molecule has 0 radical (unpaired) electrons. The minimum absolute atomic E-state index is 0.00122. The molecule has 6 heteroatoms. The van der Waals surface area contributed by atoms with E-state index in [1.165, 1.54) is 0 Å². The molecule has 0 unspecified atom stereocenters. The van der Waals surface area contributed by atoms with Crippen molar-refractivity contribution in [3.8, 4) is 16.9 Å². The van der Waals surface area contributed by atoms with Crippen molar-refractivity contribution in [1.29, 1.82) is 0 Å². The van der Waals surface area contributed by atoms with Crippen LogP contribution in [0.2, 0.25) is 0 Å². The van der Waals surface area contributed by atoms with Crippen molar-refractivity contribution in [2.45, 2.75) is 0 Å². The Bertz CT molecular complexity index is 1190. The fraction of sp³-hybridized carbons (Fsp3) is 0.0476. The van der Waals surface area contributed by atoms with Gasteiger partial charge in [0.2, 0.25) is 0 Å². The summed E-state index contributed by atoms with van der Waals surface area (Å²) in [6, 6.07) is 19.7. The summed E-state index contributed by atoms with van der Waals surface area (Å²) in [6.07, 6.45) is 0. The Balaban J connectivity index is 1.87. The van der Waals surface area contributed by atoms with Gasteiger partial charge in [0.1, 0.15) is 0 Å². The number of ether oxygens (including phenoxy) is 1. The average Bonchev–Trinajstić information content (AvgIpc) is 3.04. The molecule has 0 aliphatic rings. The number of carboxylic acids is 2. The second kappa shape index (κ2) is 6.74. The smallest absolute Gasteiger partial charge is 0.349 e. The largest absolute Gasteiger partial charge is 0.479 e. The highest BCUT2D eigenvalue weighted by Crippen LogP contribution is 2.40. The predicted molar refractivity (Wildman–Crippen MR) is 105 cm³/mol. The van der Waals surface area contributed by atoms with E-state index in [2.05, 4.69) is 0 Å². The number of hydrogen-bond acceptors (Lipinski definition) is 4. The molecule has 5 nitrogen and oxygen atoms in total. The van der Waals surface area contributed by atoms with Crippen LogP contribution in [-0.4, -0.2) is 28.8 Å². The van der Waals surface area contributed by atoms with E-state index in [-0.39, 0.29) is 10.6 Å². The molecule has 1 aromatic heterocycles. The zero-order valence-electron chi connectivity index (χ0n) is 14.0. The van der Waals surface area contributed by atoms with Crippen LogP contribution in [0.25, 0.3) is 32.0 Å². The van der Waals surface area contributed by atoms with Crippen molar-refractivity contribution in [3.63, 3.8) is 0 Å². The minimum atomic E-state index is -1.15. The fourth-order valence-electron chi connectivity index (χ4n) is 3.14. The molecule has 0 aliphatic heterocycles. The van der Waals surface area contributed by atoms with Crippen molar-refractivity contribution in [2.24, 2.45) is 0 Å². The Hall–Kier alpha value is -3.38. The third-order valence-corrected chi connectivity index (χ3v) is 5.40. The molecule has 0 amide bonds. The Morgan fingerprint density at radius 1 is 0.926 bits per heavy atom. The highest BCUT2D eigenvalue weighted by Gasteiger charge is 2.20. The molecule has 0 spiro atoms. The van der Waals surface area contributed by atoms with Crippen LogP contribution in [0.5, 0.6) is 5.75 Å². The maximum absolute atomic E-state index is 11.5. The fourth-order valence-corrected chi connectivity index (χ4v) is 4.16. The number of thiophene rings is 1. The summed E-state index contributed by atoms with van der Waals surface area (Å²) in [5.41, 5.74) is 2.01. The topological polar surface area (TPSA) is 83.8 Å². The highest BCUT2D eigenvalue weighted by atomic mass is 32.1. The second-order valence-corrected chi connectivity index (χ2v) is 7.04. The first kappa shape index (κ1) is 17.1. The van der Waals surface area contributed by atoms with E-state index in [0.717, 1.165) is 37.9 Å². The molecule has 27 heavy (non-hydrogen) atoms.